The van der Waals surface area contributed by atoms with Gasteiger partial charge < -0.3 is 19.2 Å². The molecule has 7 heteroatoms. The average Bonchev–Trinajstić information content (AvgIpc) is 3.13. The van der Waals surface area contributed by atoms with Crippen LogP contribution in [0, 0.1) is 20.8 Å². The van der Waals surface area contributed by atoms with Crippen LogP contribution in [0.25, 0.3) is 0 Å². The van der Waals surface area contributed by atoms with Crippen molar-refractivity contribution in [2.45, 2.75) is 34.0 Å². The molecular weight excluding hydrogens is 380 g/mol. The molecule has 0 aliphatic rings. The number of carbonyl (C=O) groups excluding carboxylic acids is 1. The molecule has 5 nitrogen and oxygen atoms in total. The van der Waals surface area contributed by atoms with Crippen molar-refractivity contribution in [3.05, 3.63) is 76.7 Å². The van der Waals surface area contributed by atoms with Crippen molar-refractivity contribution in [1.29, 1.82) is 0 Å². The van der Waals surface area contributed by atoms with Crippen molar-refractivity contribution in [2.75, 3.05) is 5.32 Å². The molecule has 1 amide bonds. The molecular formula is C22H21F2NO4. The fraction of sp³-hybridized carbons (Fsp3) is 0.227. The minimum Gasteiger partial charge on any atom is -0.486 e. The summed E-state index contributed by atoms with van der Waals surface area (Å²) in [4.78, 5) is 12.4. The van der Waals surface area contributed by atoms with Crippen LogP contribution >= 0.6 is 0 Å². The highest BCUT2D eigenvalue weighted by molar-refractivity contribution is 6.02. The van der Waals surface area contributed by atoms with Gasteiger partial charge >= 0.3 is 6.61 Å². The van der Waals surface area contributed by atoms with E-state index in [1.165, 1.54) is 23.8 Å². The van der Waals surface area contributed by atoms with E-state index in [1.807, 2.05) is 32.0 Å². The molecule has 152 valence electrons. The number of carbonyl (C=O) groups is 1. The Kier molecular flexibility index (Phi) is 6.16. The molecule has 3 aromatic rings. The third-order valence-corrected chi connectivity index (χ3v) is 4.42. The summed E-state index contributed by atoms with van der Waals surface area (Å²) in [7, 11) is 0. The number of rotatable bonds is 7. The molecule has 0 fully saturated rings. The smallest absolute Gasteiger partial charge is 0.387 e. The van der Waals surface area contributed by atoms with Gasteiger partial charge in [-0.05, 0) is 79.9 Å². The lowest BCUT2D eigenvalue weighted by Gasteiger charge is -2.10. The summed E-state index contributed by atoms with van der Waals surface area (Å²) < 4.78 is 40.2. The number of furan rings is 1. The van der Waals surface area contributed by atoms with Gasteiger partial charge in [-0.2, -0.15) is 8.78 Å². The molecule has 1 heterocycles. The molecule has 3 rings (SSSR count). The van der Waals surface area contributed by atoms with Crippen molar-refractivity contribution in [1.82, 2.24) is 0 Å². The van der Waals surface area contributed by atoms with Crippen molar-refractivity contribution >= 4 is 11.6 Å². The van der Waals surface area contributed by atoms with E-state index in [9.17, 15) is 13.6 Å². The van der Waals surface area contributed by atoms with E-state index < -0.39 is 12.5 Å². The van der Waals surface area contributed by atoms with Gasteiger partial charge in [-0.3, -0.25) is 4.79 Å². The van der Waals surface area contributed by atoms with Crippen LogP contribution in [0.15, 0.2) is 52.9 Å². The lowest BCUT2D eigenvalue weighted by molar-refractivity contribution is -0.0498. The second-order valence-electron chi connectivity index (χ2n) is 6.61. The van der Waals surface area contributed by atoms with Crippen LogP contribution in [0.2, 0.25) is 0 Å². The van der Waals surface area contributed by atoms with Crippen molar-refractivity contribution < 1.29 is 27.5 Å². The minimum atomic E-state index is -2.90. The monoisotopic (exact) mass is 401 g/mol. The first-order chi connectivity index (χ1) is 13.8. The zero-order valence-electron chi connectivity index (χ0n) is 16.3. The lowest BCUT2D eigenvalue weighted by Crippen LogP contribution is -2.12. The largest absolute Gasteiger partial charge is 0.486 e. The number of benzene rings is 2. The number of hydrogen-bond acceptors (Lipinski definition) is 4. The quantitative estimate of drug-likeness (QED) is 0.557. The number of amides is 1. The van der Waals surface area contributed by atoms with Gasteiger partial charge in [0.05, 0.1) is 0 Å². The fourth-order valence-electron chi connectivity index (χ4n) is 2.67. The molecule has 0 atom stereocenters. The van der Waals surface area contributed by atoms with Crippen molar-refractivity contribution in [3.8, 4) is 11.5 Å². The zero-order valence-corrected chi connectivity index (χ0v) is 16.3. The van der Waals surface area contributed by atoms with E-state index >= 15 is 0 Å². The predicted octanol–water partition coefficient (Wildman–Crippen LogP) is 5.64. The Hall–Kier alpha value is -3.35. The van der Waals surface area contributed by atoms with Gasteiger partial charge in [-0.1, -0.05) is 6.07 Å². The van der Waals surface area contributed by atoms with Crippen LogP contribution < -0.4 is 14.8 Å². The predicted molar refractivity (Wildman–Crippen MR) is 105 cm³/mol. The summed E-state index contributed by atoms with van der Waals surface area (Å²) in [5, 5.41) is 2.69. The molecule has 1 aromatic heterocycles. The van der Waals surface area contributed by atoms with Crippen LogP contribution in [0.3, 0.4) is 0 Å². The van der Waals surface area contributed by atoms with Gasteiger partial charge in [0.25, 0.3) is 5.91 Å². The second-order valence-corrected chi connectivity index (χ2v) is 6.61. The maximum Gasteiger partial charge on any atom is 0.387 e. The Bertz CT molecular complexity index is 1010. The molecule has 1 N–H and O–H groups in total. The van der Waals surface area contributed by atoms with E-state index in [4.69, 9.17) is 9.15 Å². The summed E-state index contributed by atoms with van der Waals surface area (Å²) in [6, 6.07) is 13.3. The third-order valence-electron chi connectivity index (χ3n) is 4.42. The topological polar surface area (TPSA) is 60.7 Å². The van der Waals surface area contributed by atoms with Crippen LogP contribution in [-0.4, -0.2) is 12.5 Å². The van der Waals surface area contributed by atoms with Gasteiger partial charge in [-0.25, -0.2) is 0 Å². The highest BCUT2D eigenvalue weighted by atomic mass is 19.3. The number of nitrogens with one attached hydrogen (secondary N) is 1. The van der Waals surface area contributed by atoms with Crippen molar-refractivity contribution in [3.63, 3.8) is 0 Å². The van der Waals surface area contributed by atoms with E-state index in [2.05, 4.69) is 10.1 Å². The number of hydrogen-bond donors (Lipinski definition) is 1. The van der Waals surface area contributed by atoms with Gasteiger partial charge in [0.1, 0.15) is 23.9 Å². The van der Waals surface area contributed by atoms with E-state index in [0.717, 1.165) is 11.3 Å². The molecule has 2 aromatic carbocycles. The SMILES string of the molecule is Cc1ccc(OCc2ccc(C(=O)Nc3ccc(OC(F)F)cc3C)o2)cc1C. The molecule has 0 radical (unpaired) electrons. The van der Waals surface area contributed by atoms with Gasteiger partial charge in [0, 0.05) is 5.69 Å². The summed E-state index contributed by atoms with van der Waals surface area (Å²) in [5.74, 6) is 0.923. The van der Waals surface area contributed by atoms with Gasteiger partial charge in [0.2, 0.25) is 0 Å². The number of ether oxygens (including phenoxy) is 2. The van der Waals surface area contributed by atoms with Crippen molar-refractivity contribution in [2.24, 2.45) is 0 Å². The van der Waals surface area contributed by atoms with E-state index in [1.54, 1.807) is 19.1 Å². The molecule has 0 saturated heterocycles. The van der Waals surface area contributed by atoms with E-state index in [0.29, 0.717) is 17.0 Å². The summed E-state index contributed by atoms with van der Waals surface area (Å²) >= 11 is 0. The van der Waals surface area contributed by atoms with Gasteiger partial charge in [0.15, 0.2) is 5.76 Å². The second kappa shape index (κ2) is 8.77. The molecule has 0 aliphatic heterocycles. The first kappa shape index (κ1) is 20.4. The highest BCUT2D eigenvalue weighted by Gasteiger charge is 2.14. The first-order valence-corrected chi connectivity index (χ1v) is 8.97. The Morgan fingerprint density at radius 3 is 2.38 bits per heavy atom. The Morgan fingerprint density at radius 1 is 0.966 bits per heavy atom. The van der Waals surface area contributed by atoms with Crippen LogP contribution in [0.4, 0.5) is 14.5 Å². The van der Waals surface area contributed by atoms with Crippen LogP contribution in [0.5, 0.6) is 11.5 Å². The molecule has 0 aliphatic carbocycles. The Labute approximate surface area is 167 Å². The maximum absolute atomic E-state index is 12.4. The fourth-order valence-corrected chi connectivity index (χ4v) is 2.67. The third kappa shape index (κ3) is 5.34. The number of halogens is 2. The summed E-state index contributed by atoms with van der Waals surface area (Å²) in [6.45, 7) is 3.00. The van der Waals surface area contributed by atoms with Crippen LogP contribution in [-0.2, 0) is 6.61 Å². The zero-order chi connectivity index (χ0) is 21.0. The number of anilines is 1. The molecule has 0 spiro atoms. The molecule has 0 unspecified atom stereocenters. The summed E-state index contributed by atoms with van der Waals surface area (Å²) in [5.41, 5.74) is 3.36. The Morgan fingerprint density at radius 2 is 1.69 bits per heavy atom. The average molecular weight is 401 g/mol. The Balaban J connectivity index is 1.61. The van der Waals surface area contributed by atoms with Crippen LogP contribution in [0.1, 0.15) is 33.0 Å². The number of alkyl halides is 2. The van der Waals surface area contributed by atoms with Gasteiger partial charge in [-0.15, -0.1) is 0 Å². The standard InChI is InChI=1S/C22H21F2NO4/c1-13-4-5-16(10-14(13)2)27-12-18-7-9-20(28-18)21(26)25-19-8-6-17(11-15(19)3)29-22(23)24/h4-11,22H,12H2,1-3H3,(H,25,26). The highest BCUT2D eigenvalue weighted by Crippen LogP contribution is 2.24. The minimum absolute atomic E-state index is 0.0271. The lowest BCUT2D eigenvalue weighted by atomic mass is 10.1. The van der Waals surface area contributed by atoms with E-state index in [-0.39, 0.29) is 18.1 Å². The molecule has 29 heavy (non-hydrogen) atoms. The molecule has 0 bridgehead atoms. The number of aryl methyl sites for hydroxylation is 3. The molecule has 0 saturated carbocycles. The summed E-state index contributed by atoms with van der Waals surface area (Å²) in [6.07, 6.45) is 0. The maximum atomic E-state index is 12.4. The normalized spacial score (nSPS) is 10.8. The first-order valence-electron chi connectivity index (χ1n) is 8.97.